The number of carbonyl (C=O) groups is 1. The molecule has 13 heavy (non-hydrogen) atoms. The van der Waals surface area contributed by atoms with Crippen molar-refractivity contribution >= 4 is 17.7 Å². The van der Waals surface area contributed by atoms with Crippen molar-refractivity contribution in [1.29, 1.82) is 0 Å². The van der Waals surface area contributed by atoms with E-state index in [-0.39, 0.29) is 11.8 Å². The third kappa shape index (κ3) is 2.08. The predicted octanol–water partition coefficient (Wildman–Crippen LogP) is 2.52. The van der Waals surface area contributed by atoms with Crippen LogP contribution in [0, 0.1) is 5.92 Å². The maximum Gasteiger partial charge on any atom is 0.231 e. The fraction of sp³-hybridized carbons (Fsp3) is 0.700. The molecule has 0 bridgehead atoms. The average molecular weight is 199 g/mol. The van der Waals surface area contributed by atoms with E-state index < -0.39 is 0 Å². The van der Waals surface area contributed by atoms with Gasteiger partial charge in [0.15, 0.2) is 0 Å². The minimum absolute atomic E-state index is 0.137. The van der Waals surface area contributed by atoms with Crippen molar-refractivity contribution in [2.45, 2.75) is 33.6 Å². The van der Waals surface area contributed by atoms with E-state index >= 15 is 0 Å². The highest BCUT2D eigenvalue weighted by Gasteiger charge is 2.30. The van der Waals surface area contributed by atoms with Gasteiger partial charge < -0.3 is 5.32 Å². The number of thioether (sulfide) groups is 1. The second-order valence-corrected chi connectivity index (χ2v) is 4.12. The van der Waals surface area contributed by atoms with Crippen LogP contribution >= 0.6 is 11.8 Å². The molecule has 3 heteroatoms. The number of carbonyl (C=O) groups excluding carboxylic acids is 1. The first-order chi connectivity index (χ1) is 6.29. The van der Waals surface area contributed by atoms with Crippen molar-refractivity contribution in [3.05, 3.63) is 10.6 Å². The number of rotatable bonds is 0. The van der Waals surface area contributed by atoms with Crippen LogP contribution in [-0.4, -0.2) is 11.7 Å². The fourth-order valence-electron chi connectivity index (χ4n) is 1.55. The Morgan fingerprint density at radius 1 is 1.46 bits per heavy atom. The van der Waals surface area contributed by atoms with Gasteiger partial charge in [-0.1, -0.05) is 13.8 Å². The van der Waals surface area contributed by atoms with E-state index in [1.54, 1.807) is 11.8 Å². The molecule has 0 saturated carbocycles. The summed E-state index contributed by atoms with van der Waals surface area (Å²) in [5.41, 5.74) is 1.34. The summed E-state index contributed by atoms with van der Waals surface area (Å²) in [7, 11) is 0. The minimum atomic E-state index is 0.137. The summed E-state index contributed by atoms with van der Waals surface area (Å²) in [5, 5.41) is 4.06. The molecule has 2 nitrogen and oxygen atoms in total. The van der Waals surface area contributed by atoms with Crippen molar-refractivity contribution in [2.24, 2.45) is 5.92 Å². The van der Waals surface area contributed by atoms with Crippen molar-refractivity contribution < 1.29 is 4.79 Å². The van der Waals surface area contributed by atoms with Gasteiger partial charge in [0.2, 0.25) is 5.91 Å². The van der Waals surface area contributed by atoms with Gasteiger partial charge in [0.05, 0.1) is 10.9 Å². The van der Waals surface area contributed by atoms with E-state index in [2.05, 4.69) is 5.32 Å². The molecule has 1 N–H and O–H groups in total. The summed E-state index contributed by atoms with van der Waals surface area (Å²) in [5.74, 6) is 1.48. The molecular weight excluding hydrogens is 182 g/mol. The molecule has 0 aliphatic carbocycles. The Kier molecular flexibility index (Phi) is 3.85. The first-order valence-electron chi connectivity index (χ1n) is 4.96. The molecule has 0 radical (unpaired) electrons. The number of amides is 1. The zero-order valence-corrected chi connectivity index (χ0v) is 9.33. The normalized spacial score (nSPS) is 26.1. The number of hydrogen-bond acceptors (Lipinski definition) is 2. The maximum absolute atomic E-state index is 11.2. The summed E-state index contributed by atoms with van der Waals surface area (Å²) in [4.78, 5) is 11.2. The highest BCUT2D eigenvalue weighted by Crippen LogP contribution is 2.36. The third-order valence-electron chi connectivity index (χ3n) is 2.28. The van der Waals surface area contributed by atoms with Gasteiger partial charge in [0.25, 0.3) is 0 Å². The molecule has 2 aliphatic rings. The lowest BCUT2D eigenvalue weighted by Crippen LogP contribution is -2.18. The number of hydrogen-bond donors (Lipinski definition) is 1. The molecule has 74 valence electrons. The van der Waals surface area contributed by atoms with Crippen molar-refractivity contribution in [3.8, 4) is 0 Å². The quantitative estimate of drug-likeness (QED) is 0.649. The Bertz CT molecular complexity index is 235. The summed E-state index contributed by atoms with van der Waals surface area (Å²) in [6.07, 6.45) is 2.34. The summed E-state index contributed by atoms with van der Waals surface area (Å²) >= 11 is 1.79. The van der Waals surface area contributed by atoms with Gasteiger partial charge in [0.1, 0.15) is 0 Å². The Morgan fingerprint density at radius 2 is 2.15 bits per heavy atom. The van der Waals surface area contributed by atoms with Crippen molar-refractivity contribution in [1.82, 2.24) is 5.32 Å². The van der Waals surface area contributed by atoms with Gasteiger partial charge in [-0.3, -0.25) is 4.79 Å². The van der Waals surface area contributed by atoms with Gasteiger partial charge in [0, 0.05) is 0 Å². The fourth-order valence-corrected chi connectivity index (χ4v) is 2.68. The maximum atomic E-state index is 11.2. The lowest BCUT2D eigenvalue weighted by Gasteiger charge is -2.13. The molecule has 0 aromatic heterocycles. The van der Waals surface area contributed by atoms with Crippen LogP contribution in [0.15, 0.2) is 10.6 Å². The highest BCUT2D eigenvalue weighted by molar-refractivity contribution is 8.03. The van der Waals surface area contributed by atoms with Crippen LogP contribution in [0.2, 0.25) is 0 Å². The van der Waals surface area contributed by atoms with Gasteiger partial charge in [-0.15, -0.1) is 11.8 Å². The predicted molar refractivity (Wildman–Crippen MR) is 57.4 cm³/mol. The Balaban J connectivity index is 0.000000396. The van der Waals surface area contributed by atoms with Crippen LogP contribution in [0.3, 0.4) is 0 Å². The lowest BCUT2D eigenvalue weighted by atomic mass is 10.00. The molecule has 0 spiro atoms. The molecule has 0 fully saturated rings. The van der Waals surface area contributed by atoms with E-state index in [9.17, 15) is 4.79 Å². The molecule has 1 amide bonds. The zero-order chi connectivity index (χ0) is 9.84. The van der Waals surface area contributed by atoms with E-state index in [4.69, 9.17) is 0 Å². The van der Waals surface area contributed by atoms with Crippen LogP contribution in [0.5, 0.6) is 0 Å². The molecule has 0 saturated heterocycles. The lowest BCUT2D eigenvalue weighted by molar-refractivity contribution is -0.121. The van der Waals surface area contributed by atoms with Gasteiger partial charge in [-0.25, -0.2) is 0 Å². The standard InChI is InChI=1S/C8H11NOS.C2H6/c1-5-6-3-2-4-11-8(6)9-7(5)10;1-2/h5H,2-4H2,1H3,(H,9,10);1-2H3. The first-order valence-corrected chi connectivity index (χ1v) is 5.94. The molecular formula is C10H17NOS. The Hall–Kier alpha value is -0.440. The topological polar surface area (TPSA) is 29.1 Å². The van der Waals surface area contributed by atoms with Crippen LogP contribution in [-0.2, 0) is 4.79 Å². The summed E-state index contributed by atoms with van der Waals surface area (Å²) in [6.45, 7) is 5.99. The van der Waals surface area contributed by atoms with E-state index in [1.165, 1.54) is 12.0 Å². The smallest absolute Gasteiger partial charge is 0.231 e. The van der Waals surface area contributed by atoms with Gasteiger partial charge in [-0.05, 0) is 31.1 Å². The monoisotopic (exact) mass is 199 g/mol. The molecule has 2 heterocycles. The van der Waals surface area contributed by atoms with Crippen LogP contribution in [0.25, 0.3) is 0 Å². The van der Waals surface area contributed by atoms with E-state index in [1.807, 2.05) is 20.8 Å². The van der Waals surface area contributed by atoms with Crippen molar-refractivity contribution in [3.63, 3.8) is 0 Å². The molecule has 0 aromatic carbocycles. The summed E-state index contributed by atoms with van der Waals surface area (Å²) < 4.78 is 0. The molecule has 2 rings (SSSR count). The average Bonchev–Trinajstić information content (AvgIpc) is 2.47. The second kappa shape index (κ2) is 4.70. The SMILES string of the molecule is CC.CC1C(=O)NC2=C1CCCS2. The zero-order valence-electron chi connectivity index (χ0n) is 8.52. The first kappa shape index (κ1) is 10.6. The van der Waals surface area contributed by atoms with E-state index in [0.29, 0.717) is 0 Å². The van der Waals surface area contributed by atoms with Crippen LogP contribution < -0.4 is 5.32 Å². The number of nitrogens with one attached hydrogen (secondary N) is 1. The van der Waals surface area contributed by atoms with E-state index in [0.717, 1.165) is 17.2 Å². The molecule has 0 aromatic rings. The highest BCUT2D eigenvalue weighted by atomic mass is 32.2. The molecule has 1 unspecified atom stereocenters. The Labute approximate surface area is 84.2 Å². The van der Waals surface area contributed by atoms with Crippen molar-refractivity contribution in [2.75, 3.05) is 5.75 Å². The van der Waals surface area contributed by atoms with Gasteiger partial charge in [-0.2, -0.15) is 0 Å². The van der Waals surface area contributed by atoms with Gasteiger partial charge >= 0.3 is 0 Å². The minimum Gasteiger partial charge on any atom is -0.320 e. The molecule has 2 aliphatic heterocycles. The third-order valence-corrected chi connectivity index (χ3v) is 3.43. The molecule has 1 atom stereocenters. The second-order valence-electron chi connectivity index (χ2n) is 3.02. The summed E-state index contributed by atoms with van der Waals surface area (Å²) in [6, 6.07) is 0. The Morgan fingerprint density at radius 3 is 2.77 bits per heavy atom. The van der Waals surface area contributed by atoms with Crippen LogP contribution in [0.1, 0.15) is 33.6 Å². The van der Waals surface area contributed by atoms with Crippen LogP contribution in [0.4, 0.5) is 0 Å². The largest absolute Gasteiger partial charge is 0.320 e.